The lowest BCUT2D eigenvalue weighted by molar-refractivity contribution is -0.137. The van der Waals surface area contributed by atoms with Crippen molar-refractivity contribution in [3.8, 4) is 23.1 Å². The van der Waals surface area contributed by atoms with E-state index in [1.165, 1.54) is 13.2 Å². The molecule has 13 heteroatoms. The van der Waals surface area contributed by atoms with E-state index >= 15 is 0 Å². The molecule has 0 saturated heterocycles. The molecule has 0 saturated carbocycles. The Kier molecular flexibility index (Phi) is 7.30. The standard InChI is InChI=1S/C34H28F3N7O3/c1-19-28-29(20-16-25(45-2)30(47-4)26(17-20)46-3)43-24-13-6-5-12-23(24)40-31(39-22-11-9-10-21(18-22)34(35,36)37)33(43)41-32(28)44(42-19)27-14-7-8-15-38-27/h5-18,29H,1-4H3,(H,39,40). The van der Waals surface area contributed by atoms with E-state index in [0.29, 0.717) is 46.1 Å². The Balaban J connectivity index is 1.50. The van der Waals surface area contributed by atoms with Crippen LogP contribution in [0.4, 0.5) is 36.1 Å². The highest BCUT2D eigenvalue weighted by molar-refractivity contribution is 6.51. The van der Waals surface area contributed by atoms with Crippen LogP contribution in [-0.2, 0) is 6.18 Å². The number of rotatable bonds is 6. The number of nitrogens with zero attached hydrogens (tertiary/aromatic N) is 6. The number of amidine groups is 2. The topological polar surface area (TPSA) is 98.4 Å². The van der Waals surface area contributed by atoms with Crippen molar-refractivity contribution in [3.63, 3.8) is 0 Å². The van der Waals surface area contributed by atoms with Gasteiger partial charge in [0, 0.05) is 17.4 Å². The number of methoxy groups -OCH3 is 3. The van der Waals surface area contributed by atoms with Gasteiger partial charge in [-0.3, -0.25) is 0 Å². The molecule has 2 aliphatic heterocycles. The number of ether oxygens (including phenoxy) is 3. The Labute approximate surface area is 267 Å². The van der Waals surface area contributed by atoms with Crippen LogP contribution in [0.3, 0.4) is 0 Å². The van der Waals surface area contributed by atoms with Crippen LogP contribution in [0.5, 0.6) is 17.2 Å². The van der Waals surface area contributed by atoms with Crippen molar-refractivity contribution in [3.05, 3.63) is 107 Å². The lowest BCUT2D eigenvalue weighted by Gasteiger charge is -2.40. The van der Waals surface area contributed by atoms with E-state index in [1.54, 1.807) is 37.2 Å². The Bertz CT molecular complexity index is 2030. The van der Waals surface area contributed by atoms with E-state index in [9.17, 15) is 13.2 Å². The van der Waals surface area contributed by atoms with Crippen LogP contribution < -0.4 is 24.4 Å². The molecule has 1 N–H and O–H groups in total. The summed E-state index contributed by atoms with van der Waals surface area (Å²) in [6.07, 6.45) is -2.86. The zero-order chi connectivity index (χ0) is 32.9. The summed E-state index contributed by atoms with van der Waals surface area (Å²) in [4.78, 5) is 16.5. The van der Waals surface area contributed by atoms with Crippen LogP contribution in [0, 0.1) is 6.92 Å². The van der Waals surface area contributed by atoms with Gasteiger partial charge in [-0.1, -0.05) is 24.3 Å². The molecule has 4 heterocycles. The van der Waals surface area contributed by atoms with E-state index in [2.05, 4.69) is 10.3 Å². The lowest BCUT2D eigenvalue weighted by atomic mass is 9.92. The fourth-order valence-electron chi connectivity index (χ4n) is 5.92. The number of nitrogens with one attached hydrogen (secondary N) is 1. The Hall–Kier alpha value is -5.85. The summed E-state index contributed by atoms with van der Waals surface area (Å²) in [5.41, 5.74) is 2.97. The SMILES string of the molecule is COc1cc(C2c3c(C)nn(-c4ccccn4)c3N=C3C(Nc4cccc(C(F)(F)F)c4)=Nc4ccccc4N32)cc(OC)c1OC. The highest BCUT2D eigenvalue weighted by atomic mass is 19.4. The number of aliphatic imine (C=N–C) groups is 2. The predicted octanol–water partition coefficient (Wildman–Crippen LogP) is 7.42. The number of pyridine rings is 1. The van der Waals surface area contributed by atoms with E-state index in [0.717, 1.165) is 28.9 Å². The summed E-state index contributed by atoms with van der Waals surface area (Å²) in [5, 5.41) is 8.00. The van der Waals surface area contributed by atoms with Crippen LogP contribution in [0.1, 0.15) is 28.4 Å². The molecule has 1 atom stereocenters. The number of hydrogen-bond acceptors (Lipinski definition) is 9. The highest BCUT2D eigenvalue weighted by Crippen LogP contribution is 2.50. The molecule has 0 spiro atoms. The van der Waals surface area contributed by atoms with E-state index in [4.69, 9.17) is 29.3 Å². The minimum absolute atomic E-state index is 0.199. The summed E-state index contributed by atoms with van der Waals surface area (Å²) in [7, 11) is 4.63. The number of anilines is 2. The van der Waals surface area contributed by atoms with Crippen LogP contribution in [-0.4, -0.2) is 47.8 Å². The first-order valence-corrected chi connectivity index (χ1v) is 14.5. The van der Waals surface area contributed by atoms with Crippen LogP contribution in [0.25, 0.3) is 5.82 Å². The number of aromatic nitrogens is 3. The Morgan fingerprint density at radius 2 is 1.57 bits per heavy atom. The summed E-state index contributed by atoms with van der Waals surface area (Å²) < 4.78 is 59.7. The third kappa shape index (κ3) is 5.09. The van der Waals surface area contributed by atoms with Gasteiger partial charge in [-0.05, 0) is 67.1 Å². The summed E-state index contributed by atoms with van der Waals surface area (Å²) in [6.45, 7) is 1.90. The molecule has 47 heavy (non-hydrogen) atoms. The molecule has 0 amide bonds. The van der Waals surface area contributed by atoms with Gasteiger partial charge in [0.2, 0.25) is 5.75 Å². The smallest absolute Gasteiger partial charge is 0.416 e. The maximum absolute atomic E-state index is 13.7. The van der Waals surface area contributed by atoms with Crippen molar-refractivity contribution in [2.24, 2.45) is 9.98 Å². The minimum Gasteiger partial charge on any atom is -0.493 e. The summed E-state index contributed by atoms with van der Waals surface area (Å²) in [5.74, 6) is 2.97. The largest absolute Gasteiger partial charge is 0.493 e. The average Bonchev–Trinajstić information content (AvgIpc) is 3.42. The lowest BCUT2D eigenvalue weighted by Crippen LogP contribution is -2.46. The van der Waals surface area contributed by atoms with Crippen LogP contribution >= 0.6 is 0 Å². The van der Waals surface area contributed by atoms with Gasteiger partial charge in [-0.15, -0.1) is 0 Å². The summed E-state index contributed by atoms with van der Waals surface area (Å²) >= 11 is 0. The normalized spacial score (nSPS) is 15.1. The van der Waals surface area contributed by atoms with Crippen molar-refractivity contribution in [1.29, 1.82) is 0 Å². The van der Waals surface area contributed by atoms with Crippen molar-refractivity contribution in [2.75, 3.05) is 31.5 Å². The maximum atomic E-state index is 13.7. The second-order valence-corrected chi connectivity index (χ2v) is 10.7. The molecule has 2 aromatic heterocycles. The molecule has 0 radical (unpaired) electrons. The Morgan fingerprint density at radius 3 is 2.26 bits per heavy atom. The zero-order valence-electron chi connectivity index (χ0n) is 25.7. The summed E-state index contributed by atoms with van der Waals surface area (Å²) in [6, 6.07) is 21.1. The van der Waals surface area contributed by atoms with E-state index in [1.807, 2.05) is 60.4 Å². The fourth-order valence-corrected chi connectivity index (χ4v) is 5.92. The number of aryl methyl sites for hydroxylation is 1. The molecule has 3 aromatic carbocycles. The first-order chi connectivity index (χ1) is 22.7. The molecule has 5 aromatic rings. The van der Waals surface area contributed by atoms with Crippen molar-refractivity contribution < 1.29 is 27.4 Å². The number of hydrogen-bond donors (Lipinski definition) is 1. The van der Waals surface area contributed by atoms with Gasteiger partial charge in [0.1, 0.15) is 0 Å². The number of halogens is 3. The van der Waals surface area contributed by atoms with E-state index < -0.39 is 17.8 Å². The first-order valence-electron chi connectivity index (χ1n) is 14.5. The quantitative estimate of drug-likeness (QED) is 0.207. The molecule has 0 aliphatic carbocycles. The highest BCUT2D eigenvalue weighted by Gasteiger charge is 2.42. The monoisotopic (exact) mass is 639 g/mol. The van der Waals surface area contributed by atoms with Crippen molar-refractivity contribution in [1.82, 2.24) is 14.8 Å². The molecule has 0 bridgehead atoms. The third-order valence-corrected chi connectivity index (χ3v) is 7.96. The molecule has 238 valence electrons. The molecular formula is C34H28F3N7O3. The molecular weight excluding hydrogens is 611 g/mol. The zero-order valence-corrected chi connectivity index (χ0v) is 25.7. The van der Waals surface area contributed by atoms with Gasteiger partial charge >= 0.3 is 6.18 Å². The van der Waals surface area contributed by atoms with Crippen molar-refractivity contribution in [2.45, 2.75) is 19.1 Å². The Morgan fingerprint density at radius 1 is 0.830 bits per heavy atom. The maximum Gasteiger partial charge on any atom is 0.416 e. The first kappa shape index (κ1) is 29.8. The van der Waals surface area contributed by atoms with Crippen LogP contribution in [0.15, 0.2) is 95.0 Å². The van der Waals surface area contributed by atoms with Crippen LogP contribution in [0.2, 0.25) is 0 Å². The second-order valence-electron chi connectivity index (χ2n) is 10.7. The van der Waals surface area contributed by atoms with Gasteiger partial charge in [-0.25, -0.2) is 15.0 Å². The predicted molar refractivity (Wildman–Crippen MR) is 172 cm³/mol. The van der Waals surface area contributed by atoms with Gasteiger partial charge < -0.3 is 24.4 Å². The van der Waals surface area contributed by atoms with Crippen molar-refractivity contribution >= 4 is 34.6 Å². The molecule has 7 rings (SSSR count). The average molecular weight is 640 g/mol. The number of fused-ring (bicyclic) bond motifs is 4. The van der Waals surface area contributed by atoms with Gasteiger partial charge in [0.25, 0.3) is 0 Å². The van der Waals surface area contributed by atoms with Gasteiger partial charge in [0.05, 0.1) is 50.0 Å². The van der Waals surface area contributed by atoms with Gasteiger partial charge in [0.15, 0.2) is 34.8 Å². The molecule has 1 unspecified atom stereocenters. The third-order valence-electron chi connectivity index (χ3n) is 7.96. The minimum atomic E-state index is -4.52. The van der Waals surface area contributed by atoms with E-state index in [-0.39, 0.29) is 11.5 Å². The second kappa shape index (κ2) is 11.5. The molecule has 2 aliphatic rings. The number of alkyl halides is 3. The number of benzene rings is 3. The molecule has 0 fully saturated rings. The number of para-hydroxylation sites is 2. The fraction of sp³-hybridized carbons (Fsp3) is 0.176. The molecule has 10 nitrogen and oxygen atoms in total. The van der Waals surface area contributed by atoms with Gasteiger partial charge in [-0.2, -0.15) is 23.0 Å².